The van der Waals surface area contributed by atoms with Crippen molar-refractivity contribution in [3.63, 3.8) is 0 Å². The Labute approximate surface area is 225 Å². The number of ketones is 1. The average molecular weight is 531 g/mol. The van der Waals surface area contributed by atoms with Gasteiger partial charge in [-0.1, -0.05) is 17.9 Å². The van der Waals surface area contributed by atoms with Gasteiger partial charge in [-0.05, 0) is 68.8 Å². The number of nitrogens with zero attached hydrogens (tertiary/aromatic N) is 1. The normalized spacial score (nSPS) is 25.9. The van der Waals surface area contributed by atoms with Gasteiger partial charge in [-0.15, -0.1) is 0 Å². The minimum Gasteiger partial charge on any atom is -0.510 e. The molecule has 0 heterocycles. The molecular weight excluding hydrogens is 500 g/mol. The van der Waals surface area contributed by atoms with E-state index in [0.29, 0.717) is 22.4 Å². The molecule has 3 aliphatic rings. The maximum atomic E-state index is 13.8. The van der Waals surface area contributed by atoms with Crippen LogP contribution in [0.3, 0.4) is 0 Å². The fourth-order valence-electron chi connectivity index (χ4n) is 6.29. The van der Waals surface area contributed by atoms with Crippen LogP contribution in [-0.4, -0.2) is 69.9 Å². The molecule has 0 radical (unpaired) electrons. The van der Waals surface area contributed by atoms with E-state index in [4.69, 9.17) is 10.5 Å². The Morgan fingerprint density at radius 3 is 2.56 bits per heavy atom. The van der Waals surface area contributed by atoms with Gasteiger partial charge in [0, 0.05) is 29.0 Å². The molecule has 2 aromatic carbocycles. The first kappa shape index (κ1) is 26.4. The van der Waals surface area contributed by atoms with Gasteiger partial charge >= 0.3 is 0 Å². The number of nitrogens with two attached hydrogens (primary N) is 1. The van der Waals surface area contributed by atoms with E-state index in [1.54, 1.807) is 38.2 Å². The lowest BCUT2D eigenvalue weighted by Gasteiger charge is -2.51. The number of Topliss-reactive ketones (excluding diaryl/α,β-unsaturated/α-hetero) is 1. The second kappa shape index (κ2) is 9.49. The number of carbonyl (C=O) groups excluding carboxylic acids is 2. The third-order valence-corrected chi connectivity index (χ3v) is 8.12. The Bertz CT molecular complexity index is 1530. The molecule has 5 rings (SSSR count). The maximum absolute atomic E-state index is 13.8. The monoisotopic (exact) mass is 530 g/mol. The van der Waals surface area contributed by atoms with Crippen LogP contribution in [0.1, 0.15) is 39.9 Å². The standard InChI is InChI=1S/C30H30N2O7/c1-32(2)25-21-13-17-12-19-16(8-7-15-5-4-6-18(11-15)39-3)9-10-22(33)24(19)27(35)23(17)28(36)30(21,38)14-20(26(25)34)29(31)37/h4-6,9-11,17,21,25,33-34,36,38H,12-14H2,1-3H3,(H2,31,37). The van der Waals surface area contributed by atoms with Crippen LogP contribution in [-0.2, 0) is 11.2 Å². The number of benzene rings is 2. The molecular formula is C30H30N2O7. The quantitative estimate of drug-likeness (QED) is 0.379. The van der Waals surface area contributed by atoms with E-state index in [2.05, 4.69) is 11.8 Å². The summed E-state index contributed by atoms with van der Waals surface area (Å²) in [6, 6.07) is 9.47. The number of rotatable bonds is 3. The molecule has 0 aromatic heterocycles. The van der Waals surface area contributed by atoms with E-state index < -0.39 is 47.3 Å². The van der Waals surface area contributed by atoms with Crippen molar-refractivity contribution in [2.45, 2.75) is 30.9 Å². The number of primary amides is 1. The summed E-state index contributed by atoms with van der Waals surface area (Å²) in [4.78, 5) is 27.5. The molecule has 0 fully saturated rings. The van der Waals surface area contributed by atoms with Crippen LogP contribution in [0.15, 0.2) is 59.1 Å². The number of hydrogen-bond donors (Lipinski definition) is 5. The second-order valence-corrected chi connectivity index (χ2v) is 10.5. The number of phenolic OH excluding ortho intramolecular Hbond substituents is 1. The smallest absolute Gasteiger partial charge is 0.248 e. The number of aromatic hydroxyl groups is 1. The molecule has 39 heavy (non-hydrogen) atoms. The first-order chi connectivity index (χ1) is 18.5. The topological polar surface area (TPSA) is 154 Å². The highest BCUT2D eigenvalue weighted by Crippen LogP contribution is 2.53. The molecule has 0 spiro atoms. The molecule has 0 saturated heterocycles. The van der Waals surface area contributed by atoms with Gasteiger partial charge in [0.15, 0.2) is 5.78 Å². The van der Waals surface area contributed by atoms with Crippen LogP contribution in [0.5, 0.6) is 11.5 Å². The molecule has 9 nitrogen and oxygen atoms in total. The lowest BCUT2D eigenvalue weighted by Crippen LogP contribution is -2.59. The number of hydrogen-bond acceptors (Lipinski definition) is 8. The summed E-state index contributed by atoms with van der Waals surface area (Å²) in [5.74, 6) is 3.03. The summed E-state index contributed by atoms with van der Waals surface area (Å²) in [6.45, 7) is 0. The number of aliphatic hydroxyl groups is 3. The maximum Gasteiger partial charge on any atom is 0.248 e. The predicted molar refractivity (Wildman–Crippen MR) is 142 cm³/mol. The first-order valence-electron chi connectivity index (χ1n) is 12.6. The Kier molecular flexibility index (Phi) is 6.41. The third-order valence-electron chi connectivity index (χ3n) is 8.12. The summed E-state index contributed by atoms with van der Waals surface area (Å²) in [5, 5.41) is 44.8. The molecule has 0 bridgehead atoms. The van der Waals surface area contributed by atoms with Gasteiger partial charge in [-0.25, -0.2) is 0 Å². The van der Waals surface area contributed by atoms with Crippen molar-refractivity contribution in [2.24, 2.45) is 17.6 Å². The summed E-state index contributed by atoms with van der Waals surface area (Å²) < 4.78 is 5.26. The molecule has 4 unspecified atom stereocenters. The van der Waals surface area contributed by atoms with E-state index in [-0.39, 0.29) is 41.1 Å². The van der Waals surface area contributed by atoms with Crippen molar-refractivity contribution in [1.29, 1.82) is 0 Å². The van der Waals surface area contributed by atoms with E-state index in [9.17, 15) is 30.0 Å². The molecule has 0 aliphatic heterocycles. The zero-order valence-electron chi connectivity index (χ0n) is 21.9. The van der Waals surface area contributed by atoms with Crippen molar-refractivity contribution in [3.05, 3.63) is 81.3 Å². The molecule has 3 aliphatic carbocycles. The van der Waals surface area contributed by atoms with Crippen molar-refractivity contribution < 1.29 is 34.8 Å². The van der Waals surface area contributed by atoms with Gasteiger partial charge in [0.1, 0.15) is 28.6 Å². The second-order valence-electron chi connectivity index (χ2n) is 10.5. The average Bonchev–Trinajstić information content (AvgIpc) is 2.89. The minimum atomic E-state index is -2.00. The van der Waals surface area contributed by atoms with Crippen LogP contribution in [0.4, 0.5) is 0 Å². The number of phenols is 1. The number of aliphatic hydroxyl groups excluding tert-OH is 2. The van der Waals surface area contributed by atoms with E-state index in [0.717, 1.165) is 0 Å². The van der Waals surface area contributed by atoms with Crippen LogP contribution >= 0.6 is 0 Å². The van der Waals surface area contributed by atoms with Gasteiger partial charge in [0.25, 0.3) is 0 Å². The van der Waals surface area contributed by atoms with E-state index in [1.807, 2.05) is 18.2 Å². The van der Waals surface area contributed by atoms with Gasteiger partial charge in [0.2, 0.25) is 5.91 Å². The fourth-order valence-corrected chi connectivity index (χ4v) is 6.29. The fraction of sp³-hybridized carbons (Fsp3) is 0.333. The Morgan fingerprint density at radius 2 is 1.90 bits per heavy atom. The van der Waals surface area contributed by atoms with Crippen molar-refractivity contribution in [1.82, 2.24) is 4.90 Å². The van der Waals surface area contributed by atoms with E-state index >= 15 is 0 Å². The summed E-state index contributed by atoms with van der Waals surface area (Å²) in [7, 11) is 4.94. The first-order valence-corrected chi connectivity index (χ1v) is 12.6. The predicted octanol–water partition coefficient (Wildman–Crippen LogP) is 2.35. The highest BCUT2D eigenvalue weighted by molar-refractivity contribution is 6.13. The molecule has 0 saturated carbocycles. The molecule has 6 N–H and O–H groups in total. The number of amides is 1. The summed E-state index contributed by atoms with van der Waals surface area (Å²) in [6.07, 6.45) is 0.0820. The Balaban J connectivity index is 1.62. The number of allylic oxidation sites excluding steroid dienone is 1. The Morgan fingerprint density at radius 1 is 1.15 bits per heavy atom. The Hall–Kier alpha value is -4.26. The molecule has 1 amide bonds. The third kappa shape index (κ3) is 4.13. The van der Waals surface area contributed by atoms with Crippen LogP contribution < -0.4 is 10.5 Å². The van der Waals surface area contributed by atoms with E-state index in [1.165, 1.54) is 6.07 Å². The van der Waals surface area contributed by atoms with Crippen LogP contribution in [0, 0.1) is 23.7 Å². The molecule has 4 atom stereocenters. The van der Waals surface area contributed by atoms with Gasteiger partial charge in [0.05, 0.1) is 24.3 Å². The molecule has 9 heteroatoms. The highest BCUT2D eigenvalue weighted by Gasteiger charge is 2.58. The zero-order chi connectivity index (χ0) is 28.2. The molecule has 2 aromatic rings. The van der Waals surface area contributed by atoms with Crippen molar-refractivity contribution in [3.8, 4) is 23.3 Å². The van der Waals surface area contributed by atoms with Crippen LogP contribution in [0.25, 0.3) is 0 Å². The number of fused-ring (bicyclic) bond motifs is 3. The minimum absolute atomic E-state index is 0.00262. The van der Waals surface area contributed by atoms with Crippen molar-refractivity contribution >= 4 is 11.7 Å². The molecule has 202 valence electrons. The van der Waals surface area contributed by atoms with Gasteiger partial charge < -0.3 is 30.9 Å². The lowest BCUT2D eigenvalue weighted by atomic mass is 9.59. The number of ether oxygens (including phenoxy) is 1. The number of carbonyl (C=O) groups is 2. The summed E-state index contributed by atoms with van der Waals surface area (Å²) >= 11 is 0. The number of methoxy groups -OCH3 is 1. The van der Waals surface area contributed by atoms with Crippen molar-refractivity contribution in [2.75, 3.05) is 21.2 Å². The SMILES string of the molecule is COc1cccc(C#Cc2ccc(O)c3c2CC2CC4C(N(C)C)C(O)=C(C(N)=O)CC4(O)C(O)=C2C3=O)c1. The highest BCUT2D eigenvalue weighted by atomic mass is 16.5. The largest absolute Gasteiger partial charge is 0.510 e. The zero-order valence-corrected chi connectivity index (χ0v) is 21.9. The number of likely N-dealkylation sites (N-methyl/N-ethyl adjacent to an activating group) is 1. The van der Waals surface area contributed by atoms with Gasteiger partial charge in [-0.2, -0.15) is 0 Å². The summed E-state index contributed by atoms with van der Waals surface area (Å²) in [5.41, 5.74) is 5.15. The van der Waals surface area contributed by atoms with Crippen LogP contribution in [0.2, 0.25) is 0 Å². The van der Waals surface area contributed by atoms with Gasteiger partial charge in [-0.3, -0.25) is 14.5 Å². The lowest BCUT2D eigenvalue weighted by molar-refractivity contribution is -0.118.